The number of hydrogen-bond acceptors (Lipinski definition) is 3. The van der Waals surface area contributed by atoms with Crippen molar-refractivity contribution in [3.8, 4) is 5.75 Å². The number of aryl methyl sites for hydroxylation is 2. The van der Waals surface area contributed by atoms with Gasteiger partial charge in [0.2, 0.25) is 0 Å². The number of pyridine rings is 1. The van der Waals surface area contributed by atoms with Gasteiger partial charge in [-0.2, -0.15) is 0 Å². The van der Waals surface area contributed by atoms with E-state index in [1.54, 1.807) is 10.6 Å². The summed E-state index contributed by atoms with van der Waals surface area (Å²) in [5, 5.41) is 13.4. The summed E-state index contributed by atoms with van der Waals surface area (Å²) in [6, 6.07) is 5.50. The Morgan fingerprint density at radius 1 is 1.45 bits per heavy atom. The van der Waals surface area contributed by atoms with Crippen LogP contribution in [0.1, 0.15) is 15.9 Å². The van der Waals surface area contributed by atoms with Gasteiger partial charge in [0, 0.05) is 11.9 Å². The van der Waals surface area contributed by atoms with Crippen molar-refractivity contribution in [1.29, 1.82) is 0 Å². The minimum atomic E-state index is -0.542. The van der Waals surface area contributed by atoms with E-state index in [9.17, 15) is 14.7 Å². The molecule has 1 aliphatic heterocycles. The molecule has 1 aliphatic rings. The number of amides is 1. The molecule has 6 nitrogen and oxygen atoms in total. The first-order valence-electron chi connectivity index (χ1n) is 6.60. The number of aromatic hydroxyl groups is 1. The first-order valence-corrected chi connectivity index (χ1v) is 6.60. The van der Waals surface area contributed by atoms with E-state index in [4.69, 9.17) is 0 Å². The van der Waals surface area contributed by atoms with Crippen LogP contribution in [0.15, 0.2) is 23.0 Å². The van der Waals surface area contributed by atoms with Gasteiger partial charge < -0.3 is 20.7 Å². The lowest BCUT2D eigenvalue weighted by Crippen LogP contribution is -2.55. The highest BCUT2D eigenvalue weighted by molar-refractivity contribution is 6.03. The van der Waals surface area contributed by atoms with Crippen LogP contribution >= 0.6 is 0 Å². The second-order valence-electron chi connectivity index (χ2n) is 4.85. The fourth-order valence-corrected chi connectivity index (χ4v) is 2.72. The number of carbonyl (C=O) groups is 1. The van der Waals surface area contributed by atoms with E-state index in [1.165, 1.54) is 0 Å². The van der Waals surface area contributed by atoms with E-state index < -0.39 is 11.5 Å². The van der Waals surface area contributed by atoms with Gasteiger partial charge in [0.05, 0.1) is 18.6 Å². The maximum atomic E-state index is 12.4. The summed E-state index contributed by atoms with van der Waals surface area (Å²) in [5.41, 5.74) is 4.79. The zero-order valence-electron chi connectivity index (χ0n) is 11.0. The fraction of sp³-hybridized carbons (Fsp3) is 0.286. The number of benzene rings is 1. The molecule has 0 fully saturated rings. The molecule has 6 heteroatoms. The Hall–Kier alpha value is -2.34. The third-order valence-electron chi connectivity index (χ3n) is 3.63. The van der Waals surface area contributed by atoms with E-state index in [2.05, 4.69) is 11.1 Å². The summed E-state index contributed by atoms with van der Waals surface area (Å²) in [6.07, 6.45) is 0.746. The Bertz CT molecular complexity index is 764. The minimum absolute atomic E-state index is 0.176. The van der Waals surface area contributed by atoms with Crippen molar-refractivity contribution in [2.75, 3.05) is 13.1 Å². The van der Waals surface area contributed by atoms with Crippen molar-refractivity contribution in [1.82, 2.24) is 9.88 Å². The molecule has 0 radical (unpaired) electrons. The van der Waals surface area contributed by atoms with Crippen LogP contribution in [-0.2, 0) is 13.0 Å². The molecule has 1 amide bonds. The zero-order valence-corrected chi connectivity index (χ0v) is 11.0. The summed E-state index contributed by atoms with van der Waals surface area (Å²) in [5.74, 6) is -0.773. The highest BCUT2D eigenvalue weighted by Gasteiger charge is 2.25. The lowest BCUT2D eigenvalue weighted by atomic mass is 10.1. The average Bonchev–Trinajstić information content (AvgIpc) is 2.88. The molecule has 3 rings (SSSR count). The van der Waals surface area contributed by atoms with Crippen LogP contribution in [0, 0.1) is 0 Å². The summed E-state index contributed by atoms with van der Waals surface area (Å²) in [6.45, 7) is 1.44. The minimum Gasteiger partial charge on any atom is -0.506 e. The maximum absolute atomic E-state index is 12.4. The van der Waals surface area contributed by atoms with E-state index in [0.29, 0.717) is 25.0 Å². The van der Waals surface area contributed by atoms with Gasteiger partial charge in [-0.25, -0.2) is 0 Å². The molecule has 5 N–H and O–H groups in total. The molecule has 0 saturated carbocycles. The number of para-hydroxylation sites is 1. The molecule has 0 saturated heterocycles. The van der Waals surface area contributed by atoms with Crippen LogP contribution in [0.4, 0.5) is 0 Å². The van der Waals surface area contributed by atoms with E-state index in [-0.39, 0.29) is 11.3 Å². The smallest absolute Gasteiger partial charge is 0.267 e. The summed E-state index contributed by atoms with van der Waals surface area (Å²) >= 11 is 0. The Morgan fingerprint density at radius 3 is 3.00 bits per heavy atom. The molecule has 0 spiro atoms. The fourth-order valence-electron chi connectivity index (χ4n) is 2.72. The third kappa shape index (κ3) is 1.69. The maximum Gasteiger partial charge on any atom is 0.267 e. The second kappa shape index (κ2) is 4.64. The predicted octanol–water partition coefficient (Wildman–Crippen LogP) is -0.765. The van der Waals surface area contributed by atoms with Crippen LogP contribution in [-0.4, -0.2) is 28.7 Å². The summed E-state index contributed by atoms with van der Waals surface area (Å²) in [4.78, 5) is 24.5. The molecule has 1 aromatic carbocycles. The lowest BCUT2D eigenvalue weighted by molar-refractivity contribution is -0.364. The molecular formula is C14H16N3O3+. The van der Waals surface area contributed by atoms with Gasteiger partial charge in [-0.15, -0.1) is 0 Å². The highest BCUT2D eigenvalue weighted by atomic mass is 16.3. The number of nitrogens with zero attached hydrogens (tertiary/aromatic N) is 1. The molecule has 0 unspecified atom stereocenters. The molecule has 2 aromatic rings. The summed E-state index contributed by atoms with van der Waals surface area (Å²) < 4.78 is 1.57. The third-order valence-corrected chi connectivity index (χ3v) is 3.63. The quantitative estimate of drug-likeness (QED) is 0.685. The largest absolute Gasteiger partial charge is 0.506 e. The van der Waals surface area contributed by atoms with Crippen molar-refractivity contribution < 1.29 is 15.6 Å². The zero-order chi connectivity index (χ0) is 14.3. The van der Waals surface area contributed by atoms with Crippen molar-refractivity contribution >= 4 is 16.8 Å². The normalized spacial score (nSPS) is 12.8. The van der Waals surface area contributed by atoms with Crippen LogP contribution < -0.4 is 16.6 Å². The molecule has 20 heavy (non-hydrogen) atoms. The number of quaternary nitrogens is 1. The Kier molecular flexibility index (Phi) is 2.94. The molecule has 0 bridgehead atoms. The van der Waals surface area contributed by atoms with E-state index >= 15 is 0 Å². The topological polar surface area (TPSA) is 99.0 Å². The van der Waals surface area contributed by atoms with Crippen LogP contribution in [0.5, 0.6) is 5.75 Å². The highest BCUT2D eigenvalue weighted by Crippen LogP contribution is 2.31. The standard InChI is InChI=1S/C14H15N3O3/c15-5-6-16-13(19)10-12(18)9-3-1-2-8-4-7-17(11(8)9)14(10)20/h1-3,18H,4-7,15H2,(H,16,19)/p+1. The van der Waals surface area contributed by atoms with Gasteiger partial charge in [0.15, 0.2) is 0 Å². The van der Waals surface area contributed by atoms with Gasteiger partial charge in [-0.1, -0.05) is 12.1 Å². The number of aromatic nitrogens is 1. The van der Waals surface area contributed by atoms with Crippen LogP contribution in [0.3, 0.4) is 0 Å². The predicted molar refractivity (Wildman–Crippen MR) is 73.7 cm³/mol. The van der Waals surface area contributed by atoms with Crippen molar-refractivity contribution in [2.45, 2.75) is 13.0 Å². The van der Waals surface area contributed by atoms with Crippen molar-refractivity contribution in [3.05, 3.63) is 39.7 Å². The molecule has 0 atom stereocenters. The first kappa shape index (κ1) is 12.7. The van der Waals surface area contributed by atoms with E-state index in [1.807, 2.05) is 12.1 Å². The van der Waals surface area contributed by atoms with Crippen LogP contribution in [0.25, 0.3) is 10.9 Å². The average molecular weight is 274 g/mol. The van der Waals surface area contributed by atoms with Gasteiger partial charge in [0.1, 0.15) is 11.3 Å². The van der Waals surface area contributed by atoms with Crippen molar-refractivity contribution in [3.63, 3.8) is 0 Å². The van der Waals surface area contributed by atoms with Gasteiger partial charge >= 0.3 is 0 Å². The first-order chi connectivity index (χ1) is 9.65. The van der Waals surface area contributed by atoms with Gasteiger partial charge in [-0.3, -0.25) is 9.59 Å². The molecular weight excluding hydrogens is 258 g/mol. The SMILES string of the molecule is [NH3+]CCNC(=O)c1c(O)c2cccc3c2n(c1=O)CC3. The van der Waals surface area contributed by atoms with Crippen molar-refractivity contribution in [2.24, 2.45) is 0 Å². The Labute approximate surface area is 114 Å². The molecule has 0 aliphatic carbocycles. The van der Waals surface area contributed by atoms with Crippen LogP contribution in [0.2, 0.25) is 0 Å². The Balaban J connectivity index is 2.26. The van der Waals surface area contributed by atoms with Gasteiger partial charge in [-0.05, 0) is 18.1 Å². The monoisotopic (exact) mass is 274 g/mol. The van der Waals surface area contributed by atoms with Gasteiger partial charge in [0.25, 0.3) is 11.5 Å². The van der Waals surface area contributed by atoms with E-state index in [0.717, 1.165) is 17.5 Å². The Morgan fingerprint density at radius 2 is 2.25 bits per heavy atom. The number of hydrogen-bond donors (Lipinski definition) is 3. The molecule has 104 valence electrons. The number of rotatable bonds is 3. The second-order valence-corrected chi connectivity index (χ2v) is 4.85. The molecule has 1 aromatic heterocycles. The number of carbonyl (C=O) groups excluding carboxylic acids is 1. The lowest BCUT2D eigenvalue weighted by Gasteiger charge is -2.11. The number of nitrogens with one attached hydrogen (secondary N) is 1. The molecule has 2 heterocycles. The summed E-state index contributed by atoms with van der Waals surface area (Å²) in [7, 11) is 0.